The van der Waals surface area contributed by atoms with Gasteiger partial charge in [0.25, 0.3) is 0 Å². The fourth-order valence-electron chi connectivity index (χ4n) is 0.535. The molecule has 0 aliphatic heterocycles. The zero-order chi connectivity index (χ0) is 9.78. The van der Waals surface area contributed by atoms with E-state index in [1.807, 2.05) is 0 Å². The van der Waals surface area contributed by atoms with E-state index in [0.717, 1.165) is 11.0 Å². The van der Waals surface area contributed by atoms with Gasteiger partial charge in [-0.1, -0.05) is 6.58 Å². The van der Waals surface area contributed by atoms with Crippen molar-refractivity contribution in [2.75, 3.05) is 34.3 Å². The van der Waals surface area contributed by atoms with E-state index in [1.54, 1.807) is 6.92 Å². The van der Waals surface area contributed by atoms with Gasteiger partial charge >= 0.3 is 5.97 Å². The van der Waals surface area contributed by atoms with Gasteiger partial charge in [0.05, 0.1) is 33.6 Å². The predicted octanol–water partition coefficient (Wildman–Crippen LogP) is 0.277. The summed E-state index contributed by atoms with van der Waals surface area (Å²) in [6.07, 6.45) is 0. The summed E-state index contributed by atoms with van der Waals surface area (Å²) in [4.78, 5) is 10.9. The Kier molecular flexibility index (Phi) is 6.90. The van der Waals surface area contributed by atoms with Crippen molar-refractivity contribution in [1.29, 1.82) is 0 Å². The third-order valence-corrected chi connectivity index (χ3v) is 1.34. The Morgan fingerprint density at radius 3 is 2.15 bits per heavy atom. The van der Waals surface area contributed by atoms with Gasteiger partial charge in [-0.3, -0.25) is 0 Å². The topological polar surface area (TPSA) is 26.3 Å². The molecule has 0 rings (SSSR count). The molecule has 0 spiro atoms. The molecule has 0 N–H and O–H groups in total. The average molecular weight is 210 g/mol. The van der Waals surface area contributed by atoms with Gasteiger partial charge in [-0.15, -0.1) is 0 Å². The molecule has 0 aliphatic rings. The normalized spacial score (nSPS) is 10.2. The Bertz CT molecular complexity index is 185. The predicted molar refractivity (Wildman–Crippen MR) is 51.5 cm³/mol. The summed E-state index contributed by atoms with van der Waals surface area (Å²) < 4.78 is 5.72. The second-order valence-electron chi connectivity index (χ2n) is 3.93. The van der Waals surface area contributed by atoms with Crippen molar-refractivity contribution in [3.63, 3.8) is 0 Å². The van der Waals surface area contributed by atoms with Crippen LogP contribution in [0.25, 0.3) is 0 Å². The molecule has 78 valence electrons. The molecule has 0 saturated heterocycles. The van der Waals surface area contributed by atoms with Crippen LogP contribution < -0.4 is 0 Å². The summed E-state index contributed by atoms with van der Waals surface area (Å²) in [6, 6.07) is 0. The van der Waals surface area contributed by atoms with Crippen LogP contribution in [-0.2, 0) is 9.53 Å². The van der Waals surface area contributed by atoms with Crippen molar-refractivity contribution in [1.82, 2.24) is 0 Å². The fourth-order valence-corrected chi connectivity index (χ4v) is 0.535. The highest BCUT2D eigenvalue weighted by molar-refractivity contribution is 5.86. The van der Waals surface area contributed by atoms with E-state index < -0.39 is 0 Å². The molecule has 0 heterocycles. The molecule has 0 aliphatic carbocycles. The van der Waals surface area contributed by atoms with Crippen molar-refractivity contribution >= 4 is 5.97 Å². The number of carbonyl (C=O) groups is 1. The van der Waals surface area contributed by atoms with Crippen LogP contribution in [0.15, 0.2) is 12.2 Å². The smallest absolute Gasteiger partial charge is 0.333 e. The van der Waals surface area contributed by atoms with Crippen LogP contribution in [0.4, 0.5) is 0 Å². The maximum Gasteiger partial charge on any atom is 0.333 e. The summed E-state index contributed by atoms with van der Waals surface area (Å²) in [5, 5.41) is 0. The maximum absolute atomic E-state index is 10.9. The number of ether oxygens (including phenoxy) is 1. The summed E-state index contributed by atoms with van der Waals surface area (Å²) in [5.41, 5.74) is 0.455. The van der Waals surface area contributed by atoms with Crippen LogP contribution in [0, 0.1) is 12.4 Å². The van der Waals surface area contributed by atoms with Gasteiger partial charge < -0.3 is 9.22 Å². The standard InChI is InChI=1S/C9H18NO2.ClH2/c1-8(2)9(11)12-7-6-10(3,4)5;/h1,6-7H2,2-5H3;1H2/q2*+1. The lowest BCUT2D eigenvalue weighted by Crippen LogP contribution is -2.38. The zero-order valence-electron chi connectivity index (χ0n) is 8.83. The third kappa shape index (κ3) is 9.37. The molecule has 3 nitrogen and oxygen atoms in total. The van der Waals surface area contributed by atoms with Gasteiger partial charge in [0.2, 0.25) is 0 Å². The molecule has 0 atom stereocenters. The minimum absolute atomic E-state index is 0. The first kappa shape index (κ1) is 15.0. The van der Waals surface area contributed by atoms with Gasteiger partial charge in [0, 0.05) is 5.57 Å². The highest BCUT2D eigenvalue weighted by Gasteiger charge is 2.09. The van der Waals surface area contributed by atoms with Crippen molar-refractivity contribution in [3.05, 3.63) is 12.2 Å². The first-order valence-corrected chi connectivity index (χ1v) is 3.96. The molecule has 0 aromatic heterocycles. The van der Waals surface area contributed by atoms with Crippen molar-refractivity contribution in [3.8, 4) is 0 Å². The lowest BCUT2D eigenvalue weighted by molar-refractivity contribution is -0.870. The van der Waals surface area contributed by atoms with E-state index in [-0.39, 0.29) is 18.4 Å². The number of esters is 1. The van der Waals surface area contributed by atoms with Crippen LogP contribution in [0.1, 0.15) is 6.92 Å². The molecular weight excluding hydrogens is 190 g/mol. The molecule has 0 saturated carbocycles. The zero-order valence-corrected chi connectivity index (χ0v) is 9.73. The van der Waals surface area contributed by atoms with Gasteiger partial charge in [-0.25, -0.2) is 4.79 Å². The Labute approximate surface area is 86.4 Å². The molecule has 0 aromatic carbocycles. The number of halogens is 1. The van der Waals surface area contributed by atoms with Crippen molar-refractivity contribution < 1.29 is 26.4 Å². The number of hydrogen-bond donors (Lipinski definition) is 0. The van der Waals surface area contributed by atoms with E-state index in [2.05, 4.69) is 27.7 Å². The van der Waals surface area contributed by atoms with Gasteiger partial charge in [-0.2, -0.15) is 0 Å². The van der Waals surface area contributed by atoms with Crippen LogP contribution in [0.5, 0.6) is 0 Å². The maximum atomic E-state index is 10.9. The molecule has 0 aromatic rings. The average Bonchev–Trinajstić information content (AvgIpc) is 1.84. The van der Waals surface area contributed by atoms with Gasteiger partial charge in [-0.05, 0) is 6.92 Å². The van der Waals surface area contributed by atoms with E-state index in [9.17, 15) is 4.79 Å². The lowest BCUT2D eigenvalue weighted by Gasteiger charge is -2.23. The number of rotatable bonds is 4. The number of nitrogens with zero attached hydrogens (tertiary/aromatic N) is 1. The summed E-state index contributed by atoms with van der Waals surface area (Å²) in [6.45, 7) is 6.41. The minimum Gasteiger partial charge on any atom is -0.456 e. The summed E-state index contributed by atoms with van der Waals surface area (Å²) >= 11 is 0. The summed E-state index contributed by atoms with van der Waals surface area (Å²) in [7, 11) is 6.15. The summed E-state index contributed by atoms with van der Waals surface area (Å²) in [5.74, 6) is -0.302. The van der Waals surface area contributed by atoms with Crippen LogP contribution in [-0.4, -0.2) is 44.7 Å². The molecule has 0 fully saturated rings. The Hall–Kier alpha value is -0.540. The molecule has 0 radical (unpaired) electrons. The first-order valence-electron chi connectivity index (χ1n) is 3.96. The van der Waals surface area contributed by atoms with E-state index in [4.69, 9.17) is 4.74 Å². The first-order chi connectivity index (χ1) is 5.33. The molecule has 13 heavy (non-hydrogen) atoms. The molecule has 0 unspecified atom stereocenters. The number of hydrogen-bond acceptors (Lipinski definition) is 2. The van der Waals surface area contributed by atoms with E-state index in [0.29, 0.717) is 12.2 Å². The molecule has 0 bridgehead atoms. The molecule has 0 amide bonds. The number of quaternary nitrogens is 1. The molecule has 4 heteroatoms. The van der Waals surface area contributed by atoms with Crippen LogP contribution in [0.2, 0.25) is 0 Å². The molecular formula is C9H20ClNO2+2. The Balaban J connectivity index is 0. The van der Waals surface area contributed by atoms with E-state index in [1.165, 1.54) is 0 Å². The van der Waals surface area contributed by atoms with Gasteiger partial charge in [0.15, 0.2) is 0 Å². The highest BCUT2D eigenvalue weighted by Crippen LogP contribution is 1.94. The second kappa shape index (κ2) is 6.00. The SMILES string of the molecule is C=C(C)C(=O)OCC[N+](C)(C)C.[ClH2+]. The number of likely N-dealkylation sites (N-methyl/N-ethyl adjacent to an activating group) is 1. The van der Waals surface area contributed by atoms with Gasteiger partial charge in [0.1, 0.15) is 13.2 Å². The second-order valence-corrected chi connectivity index (χ2v) is 3.93. The van der Waals surface area contributed by atoms with Crippen molar-refractivity contribution in [2.45, 2.75) is 6.92 Å². The monoisotopic (exact) mass is 209 g/mol. The third-order valence-electron chi connectivity index (χ3n) is 1.34. The van der Waals surface area contributed by atoms with Crippen LogP contribution in [0.3, 0.4) is 0 Å². The van der Waals surface area contributed by atoms with Crippen molar-refractivity contribution in [2.24, 2.45) is 0 Å². The Morgan fingerprint density at radius 2 is 1.85 bits per heavy atom. The fraction of sp³-hybridized carbons (Fsp3) is 0.667. The highest BCUT2D eigenvalue weighted by atomic mass is 35.5. The minimum atomic E-state index is -0.302. The largest absolute Gasteiger partial charge is 0.456 e. The van der Waals surface area contributed by atoms with Crippen LogP contribution >= 0.6 is 0 Å². The van der Waals surface area contributed by atoms with E-state index >= 15 is 0 Å². The lowest BCUT2D eigenvalue weighted by atomic mass is 10.4. The number of carbonyl (C=O) groups excluding carboxylic acids is 1. The quantitative estimate of drug-likeness (QED) is 0.378. The Morgan fingerprint density at radius 1 is 1.38 bits per heavy atom.